The summed E-state index contributed by atoms with van der Waals surface area (Å²) in [6.07, 6.45) is 5.49. The lowest BCUT2D eigenvalue weighted by Gasteiger charge is -2.26. The van der Waals surface area contributed by atoms with Crippen LogP contribution >= 0.6 is 0 Å². The van der Waals surface area contributed by atoms with Crippen molar-refractivity contribution in [3.05, 3.63) is 12.7 Å². The Hall–Kier alpha value is -0.340. The molecule has 1 atom stereocenters. The summed E-state index contributed by atoms with van der Waals surface area (Å²) in [7, 11) is 1.75. The number of nitrogens with one attached hydrogen (secondary N) is 1. The smallest absolute Gasteiger partial charge is 0.0462 e. The van der Waals surface area contributed by atoms with Crippen LogP contribution < -0.4 is 5.32 Å². The van der Waals surface area contributed by atoms with Gasteiger partial charge in [-0.2, -0.15) is 0 Å². The van der Waals surface area contributed by atoms with Crippen LogP contribution in [0.5, 0.6) is 0 Å². The zero-order chi connectivity index (χ0) is 10.9. The molecule has 0 heterocycles. The van der Waals surface area contributed by atoms with Crippen LogP contribution in [0.1, 0.15) is 33.1 Å². The molecule has 0 amide bonds. The zero-order valence-electron chi connectivity index (χ0n) is 9.94. The Bertz CT molecular complexity index is 135. The van der Waals surface area contributed by atoms with Crippen LogP contribution in [0.4, 0.5) is 0 Å². The van der Waals surface area contributed by atoms with Crippen molar-refractivity contribution < 1.29 is 4.74 Å². The van der Waals surface area contributed by atoms with Gasteiger partial charge in [-0.1, -0.05) is 19.9 Å². The predicted molar refractivity (Wildman–Crippen MR) is 62.6 cm³/mol. The second kappa shape index (κ2) is 8.01. The Morgan fingerprint density at radius 1 is 1.50 bits per heavy atom. The summed E-state index contributed by atoms with van der Waals surface area (Å²) in [5, 5.41) is 3.44. The zero-order valence-corrected chi connectivity index (χ0v) is 9.94. The van der Waals surface area contributed by atoms with Crippen LogP contribution in [-0.4, -0.2) is 26.8 Å². The molecule has 0 fully saturated rings. The van der Waals surface area contributed by atoms with Crippen LogP contribution in [0.15, 0.2) is 12.7 Å². The van der Waals surface area contributed by atoms with Crippen LogP contribution in [0.3, 0.4) is 0 Å². The maximum Gasteiger partial charge on any atom is 0.0462 e. The van der Waals surface area contributed by atoms with Gasteiger partial charge in [0.05, 0.1) is 0 Å². The first-order chi connectivity index (χ1) is 6.68. The quantitative estimate of drug-likeness (QED) is 0.455. The minimum Gasteiger partial charge on any atom is -0.385 e. The molecule has 2 heteroatoms. The molecule has 0 saturated heterocycles. The molecule has 0 aliphatic rings. The third kappa shape index (κ3) is 6.17. The van der Waals surface area contributed by atoms with Crippen molar-refractivity contribution in [2.24, 2.45) is 5.41 Å². The largest absolute Gasteiger partial charge is 0.385 e. The van der Waals surface area contributed by atoms with E-state index in [0.717, 1.165) is 32.5 Å². The molecule has 0 aromatic carbocycles. The Morgan fingerprint density at radius 3 is 2.71 bits per heavy atom. The number of methoxy groups -OCH3 is 1. The third-order valence-corrected chi connectivity index (χ3v) is 2.54. The average molecular weight is 199 g/mol. The lowest BCUT2D eigenvalue weighted by molar-refractivity contribution is 0.180. The second-order valence-corrected chi connectivity index (χ2v) is 4.13. The summed E-state index contributed by atoms with van der Waals surface area (Å²) < 4.78 is 5.05. The Kier molecular flexibility index (Phi) is 7.81. The highest BCUT2D eigenvalue weighted by Crippen LogP contribution is 2.23. The standard InChI is InChI=1S/C12H25NO/c1-5-9-13-11-12(3,6-2)8-7-10-14-4/h6,13H,2,5,7-11H2,1,3-4H3. The molecular weight excluding hydrogens is 174 g/mol. The highest BCUT2D eigenvalue weighted by molar-refractivity contribution is 4.92. The predicted octanol–water partition coefficient (Wildman–Crippen LogP) is 2.60. The van der Waals surface area contributed by atoms with Gasteiger partial charge < -0.3 is 10.1 Å². The summed E-state index contributed by atoms with van der Waals surface area (Å²) in [6.45, 7) is 11.3. The van der Waals surface area contributed by atoms with Crippen LogP contribution in [0.25, 0.3) is 0 Å². The fraction of sp³-hybridized carbons (Fsp3) is 0.833. The number of ether oxygens (including phenoxy) is 1. The third-order valence-electron chi connectivity index (χ3n) is 2.54. The van der Waals surface area contributed by atoms with Crippen molar-refractivity contribution in [1.29, 1.82) is 0 Å². The summed E-state index contributed by atoms with van der Waals surface area (Å²) >= 11 is 0. The molecule has 0 saturated carbocycles. The van der Waals surface area contributed by atoms with Gasteiger partial charge in [0.2, 0.25) is 0 Å². The number of rotatable bonds is 9. The van der Waals surface area contributed by atoms with Crippen LogP contribution in [0, 0.1) is 5.41 Å². The second-order valence-electron chi connectivity index (χ2n) is 4.13. The molecule has 0 aliphatic carbocycles. The van der Waals surface area contributed by atoms with E-state index in [2.05, 4.69) is 31.8 Å². The van der Waals surface area contributed by atoms with E-state index in [-0.39, 0.29) is 5.41 Å². The van der Waals surface area contributed by atoms with Gasteiger partial charge in [0.1, 0.15) is 0 Å². The Morgan fingerprint density at radius 2 is 2.21 bits per heavy atom. The lowest BCUT2D eigenvalue weighted by Crippen LogP contribution is -2.30. The molecule has 0 rings (SSSR count). The molecule has 0 spiro atoms. The molecule has 0 aliphatic heterocycles. The van der Waals surface area contributed by atoms with E-state index >= 15 is 0 Å². The van der Waals surface area contributed by atoms with E-state index in [0.29, 0.717) is 0 Å². The molecule has 2 nitrogen and oxygen atoms in total. The Labute approximate surface area is 88.7 Å². The molecular formula is C12H25NO. The summed E-state index contributed by atoms with van der Waals surface area (Å²) in [5.41, 5.74) is 0.216. The first kappa shape index (κ1) is 13.7. The van der Waals surface area contributed by atoms with Crippen molar-refractivity contribution in [1.82, 2.24) is 5.32 Å². The first-order valence-electron chi connectivity index (χ1n) is 5.52. The van der Waals surface area contributed by atoms with E-state index in [9.17, 15) is 0 Å². The molecule has 0 aromatic heterocycles. The number of hydrogen-bond donors (Lipinski definition) is 1. The minimum atomic E-state index is 0.216. The van der Waals surface area contributed by atoms with Gasteiger partial charge in [0.25, 0.3) is 0 Å². The Balaban J connectivity index is 3.73. The lowest BCUT2D eigenvalue weighted by atomic mass is 9.85. The SMILES string of the molecule is C=CC(C)(CCCOC)CNCCC. The molecule has 0 bridgehead atoms. The van der Waals surface area contributed by atoms with Gasteiger partial charge in [0, 0.05) is 20.3 Å². The van der Waals surface area contributed by atoms with Crippen molar-refractivity contribution in [3.8, 4) is 0 Å². The van der Waals surface area contributed by atoms with Gasteiger partial charge in [-0.05, 0) is 31.2 Å². The summed E-state index contributed by atoms with van der Waals surface area (Å²) in [6, 6.07) is 0. The van der Waals surface area contributed by atoms with E-state index in [1.165, 1.54) is 6.42 Å². The van der Waals surface area contributed by atoms with Gasteiger partial charge in [0.15, 0.2) is 0 Å². The molecule has 1 unspecified atom stereocenters. The molecule has 0 aromatic rings. The molecule has 14 heavy (non-hydrogen) atoms. The van der Waals surface area contributed by atoms with Crippen molar-refractivity contribution in [3.63, 3.8) is 0 Å². The maximum absolute atomic E-state index is 5.05. The van der Waals surface area contributed by atoms with Crippen molar-refractivity contribution in [2.75, 3.05) is 26.8 Å². The van der Waals surface area contributed by atoms with Gasteiger partial charge in [-0.3, -0.25) is 0 Å². The average Bonchev–Trinajstić information content (AvgIpc) is 2.19. The van der Waals surface area contributed by atoms with E-state index in [1.807, 2.05) is 0 Å². The molecule has 1 N–H and O–H groups in total. The molecule has 0 radical (unpaired) electrons. The maximum atomic E-state index is 5.05. The van der Waals surface area contributed by atoms with Gasteiger partial charge in [-0.15, -0.1) is 6.58 Å². The molecule has 84 valence electrons. The minimum absolute atomic E-state index is 0.216. The monoisotopic (exact) mass is 199 g/mol. The van der Waals surface area contributed by atoms with Gasteiger partial charge in [-0.25, -0.2) is 0 Å². The normalized spacial score (nSPS) is 15.1. The first-order valence-corrected chi connectivity index (χ1v) is 5.52. The highest BCUT2D eigenvalue weighted by Gasteiger charge is 2.18. The summed E-state index contributed by atoms with van der Waals surface area (Å²) in [4.78, 5) is 0. The van der Waals surface area contributed by atoms with E-state index in [4.69, 9.17) is 4.74 Å². The van der Waals surface area contributed by atoms with Gasteiger partial charge >= 0.3 is 0 Å². The number of hydrogen-bond acceptors (Lipinski definition) is 2. The van der Waals surface area contributed by atoms with Crippen LogP contribution in [-0.2, 0) is 4.74 Å². The fourth-order valence-electron chi connectivity index (χ4n) is 1.43. The fourth-order valence-corrected chi connectivity index (χ4v) is 1.43. The van der Waals surface area contributed by atoms with E-state index < -0.39 is 0 Å². The highest BCUT2D eigenvalue weighted by atomic mass is 16.5. The van der Waals surface area contributed by atoms with Crippen molar-refractivity contribution >= 4 is 0 Å². The van der Waals surface area contributed by atoms with Crippen LogP contribution in [0.2, 0.25) is 0 Å². The van der Waals surface area contributed by atoms with Crippen molar-refractivity contribution in [2.45, 2.75) is 33.1 Å². The topological polar surface area (TPSA) is 21.3 Å². The van der Waals surface area contributed by atoms with E-state index in [1.54, 1.807) is 7.11 Å². The summed E-state index contributed by atoms with van der Waals surface area (Å²) in [5.74, 6) is 0.